The molecule has 0 saturated heterocycles. The Hall–Kier alpha value is -4.32. The molecule has 4 N–H and O–H groups in total. The summed E-state index contributed by atoms with van der Waals surface area (Å²) >= 11 is 0. The molecule has 0 bridgehead atoms. The highest BCUT2D eigenvalue weighted by Crippen LogP contribution is 2.29. The Kier molecular flexibility index (Phi) is 5.77. The van der Waals surface area contributed by atoms with Gasteiger partial charge in [-0.1, -0.05) is 42.5 Å². The molecule has 0 fully saturated rings. The molecule has 0 saturated carbocycles. The molecule has 160 valence electrons. The lowest BCUT2D eigenvalue weighted by molar-refractivity contribution is 0.0982. The average Bonchev–Trinajstić information content (AvgIpc) is 2.78. The number of hydrogen-bond donors (Lipinski definition) is 3. The number of benzene rings is 3. The summed E-state index contributed by atoms with van der Waals surface area (Å²) in [6.45, 7) is 2.27. The second-order valence-electron chi connectivity index (χ2n) is 7.56. The first kappa shape index (κ1) is 20.9. The molecule has 0 radical (unpaired) electrons. The van der Waals surface area contributed by atoms with Crippen LogP contribution in [0, 0.1) is 6.92 Å². The number of amides is 1. The first-order valence-electron chi connectivity index (χ1n) is 10.1. The van der Waals surface area contributed by atoms with Gasteiger partial charge in [-0.15, -0.1) is 0 Å². The Morgan fingerprint density at radius 3 is 2.34 bits per heavy atom. The van der Waals surface area contributed by atoms with E-state index < -0.39 is 0 Å². The molecule has 6 heteroatoms. The quantitative estimate of drug-likeness (QED) is 0.422. The van der Waals surface area contributed by atoms with Crippen molar-refractivity contribution in [3.8, 4) is 22.8 Å². The van der Waals surface area contributed by atoms with E-state index in [-0.39, 0.29) is 23.0 Å². The minimum atomic E-state index is -0.374. The van der Waals surface area contributed by atoms with Gasteiger partial charge in [-0.25, -0.2) is 0 Å². The van der Waals surface area contributed by atoms with Crippen molar-refractivity contribution in [2.24, 2.45) is 0 Å². The van der Waals surface area contributed by atoms with Crippen LogP contribution in [0.25, 0.3) is 11.3 Å². The van der Waals surface area contributed by atoms with Crippen LogP contribution in [-0.2, 0) is 6.54 Å². The van der Waals surface area contributed by atoms with E-state index in [0.29, 0.717) is 17.9 Å². The maximum atomic E-state index is 13.4. The topological polar surface area (TPSA) is 99.7 Å². The van der Waals surface area contributed by atoms with E-state index in [1.54, 1.807) is 11.1 Å². The molecule has 32 heavy (non-hydrogen) atoms. The molecule has 0 unspecified atom stereocenters. The van der Waals surface area contributed by atoms with Gasteiger partial charge < -0.3 is 20.8 Å². The van der Waals surface area contributed by atoms with Gasteiger partial charge in [0.25, 0.3) is 5.91 Å². The predicted octanol–water partition coefficient (Wildman–Crippen LogP) is 4.90. The van der Waals surface area contributed by atoms with Gasteiger partial charge in [0.05, 0.1) is 29.7 Å². The third-order valence-corrected chi connectivity index (χ3v) is 5.19. The van der Waals surface area contributed by atoms with Gasteiger partial charge >= 0.3 is 0 Å². The lowest BCUT2D eigenvalue weighted by atomic mass is 10.0. The number of nitrogen functional groups attached to an aromatic ring is 1. The van der Waals surface area contributed by atoms with E-state index in [2.05, 4.69) is 4.98 Å². The summed E-state index contributed by atoms with van der Waals surface area (Å²) in [6, 6.07) is 23.0. The molecule has 0 aliphatic carbocycles. The second kappa shape index (κ2) is 8.81. The third-order valence-electron chi connectivity index (χ3n) is 5.19. The molecule has 0 atom stereocenters. The van der Waals surface area contributed by atoms with Crippen molar-refractivity contribution in [3.63, 3.8) is 0 Å². The number of pyridine rings is 1. The number of phenolic OH excluding ortho intramolecular Hbond substituents is 2. The van der Waals surface area contributed by atoms with Crippen molar-refractivity contribution in [1.82, 2.24) is 4.98 Å². The molecule has 0 aliphatic heterocycles. The highest BCUT2D eigenvalue weighted by molar-refractivity contribution is 6.08. The molecule has 4 aromatic rings. The zero-order valence-corrected chi connectivity index (χ0v) is 17.6. The van der Waals surface area contributed by atoms with Crippen molar-refractivity contribution >= 4 is 17.3 Å². The van der Waals surface area contributed by atoms with E-state index in [9.17, 15) is 15.0 Å². The summed E-state index contributed by atoms with van der Waals surface area (Å²) in [5.41, 5.74) is 10.8. The fraction of sp³-hybridized carbons (Fsp3) is 0.0769. The number of aromatic hydroxyl groups is 2. The lowest BCUT2D eigenvalue weighted by Crippen LogP contribution is -2.30. The standard InChI is InChI=1S/C26H23N3O3/c1-17-13-20(27)15-28-25(17)19-7-9-21(10-8-19)29(16-18-5-3-2-4-6-18)26(32)23-12-11-22(30)14-24(23)31/h2-15,30-31H,16,27H2,1H3. The Labute approximate surface area is 186 Å². The molecular weight excluding hydrogens is 402 g/mol. The first-order chi connectivity index (χ1) is 15.4. The maximum Gasteiger partial charge on any atom is 0.262 e. The van der Waals surface area contributed by atoms with Gasteiger partial charge in [0.1, 0.15) is 11.5 Å². The van der Waals surface area contributed by atoms with Crippen LogP contribution in [0.15, 0.2) is 85.1 Å². The van der Waals surface area contributed by atoms with Crippen LogP contribution in [0.1, 0.15) is 21.5 Å². The number of aryl methyl sites for hydroxylation is 1. The molecule has 3 aromatic carbocycles. The number of nitrogens with two attached hydrogens (primary N) is 1. The van der Waals surface area contributed by atoms with Crippen molar-refractivity contribution in [2.75, 3.05) is 10.6 Å². The minimum Gasteiger partial charge on any atom is -0.508 e. The van der Waals surface area contributed by atoms with Crippen LogP contribution in [0.5, 0.6) is 11.5 Å². The number of carbonyl (C=O) groups is 1. The number of rotatable bonds is 5. The van der Waals surface area contributed by atoms with E-state index in [1.165, 1.54) is 12.1 Å². The Morgan fingerprint density at radius 1 is 0.969 bits per heavy atom. The molecule has 1 amide bonds. The normalized spacial score (nSPS) is 10.7. The minimum absolute atomic E-state index is 0.107. The largest absolute Gasteiger partial charge is 0.508 e. The Morgan fingerprint density at radius 2 is 1.69 bits per heavy atom. The lowest BCUT2D eigenvalue weighted by Gasteiger charge is -2.24. The highest BCUT2D eigenvalue weighted by atomic mass is 16.3. The summed E-state index contributed by atoms with van der Waals surface area (Å²) in [5, 5.41) is 19.8. The fourth-order valence-corrected chi connectivity index (χ4v) is 3.59. The first-order valence-corrected chi connectivity index (χ1v) is 10.1. The Balaban J connectivity index is 1.71. The fourth-order valence-electron chi connectivity index (χ4n) is 3.59. The third kappa shape index (κ3) is 4.39. The average molecular weight is 425 g/mol. The van der Waals surface area contributed by atoms with E-state index in [1.807, 2.05) is 67.6 Å². The number of phenols is 2. The van der Waals surface area contributed by atoms with Gasteiger partial charge in [0, 0.05) is 17.3 Å². The smallest absolute Gasteiger partial charge is 0.262 e. The summed E-state index contributed by atoms with van der Waals surface area (Å²) < 4.78 is 0. The second-order valence-corrected chi connectivity index (χ2v) is 7.56. The van der Waals surface area contributed by atoms with Crippen molar-refractivity contribution in [1.29, 1.82) is 0 Å². The highest BCUT2D eigenvalue weighted by Gasteiger charge is 2.21. The summed E-state index contributed by atoms with van der Waals surface area (Å²) in [7, 11) is 0. The van der Waals surface area contributed by atoms with Crippen LogP contribution in [0.3, 0.4) is 0 Å². The predicted molar refractivity (Wildman–Crippen MR) is 126 cm³/mol. The molecule has 6 nitrogen and oxygen atoms in total. The molecule has 0 spiro atoms. The van der Waals surface area contributed by atoms with Crippen LogP contribution in [-0.4, -0.2) is 21.1 Å². The summed E-state index contributed by atoms with van der Waals surface area (Å²) in [6.07, 6.45) is 1.62. The van der Waals surface area contributed by atoms with Crippen LogP contribution in [0.4, 0.5) is 11.4 Å². The van der Waals surface area contributed by atoms with Gasteiger partial charge in [-0.3, -0.25) is 9.78 Å². The number of aromatic nitrogens is 1. The molecule has 1 heterocycles. The van der Waals surface area contributed by atoms with Crippen LogP contribution < -0.4 is 10.6 Å². The monoisotopic (exact) mass is 425 g/mol. The van der Waals surface area contributed by atoms with Crippen molar-refractivity contribution in [2.45, 2.75) is 13.5 Å². The number of carbonyl (C=O) groups excluding carboxylic acids is 1. The summed E-state index contributed by atoms with van der Waals surface area (Å²) in [4.78, 5) is 19.4. The summed E-state index contributed by atoms with van der Waals surface area (Å²) in [5.74, 6) is -0.753. The number of nitrogens with zero attached hydrogens (tertiary/aromatic N) is 2. The van der Waals surface area contributed by atoms with Crippen molar-refractivity contribution < 1.29 is 15.0 Å². The van der Waals surface area contributed by atoms with Gasteiger partial charge in [0.15, 0.2) is 0 Å². The van der Waals surface area contributed by atoms with E-state index >= 15 is 0 Å². The molecule has 4 rings (SSSR count). The Bertz CT molecular complexity index is 1260. The number of anilines is 2. The number of hydrogen-bond acceptors (Lipinski definition) is 5. The van der Waals surface area contributed by atoms with E-state index in [4.69, 9.17) is 5.73 Å². The van der Waals surface area contributed by atoms with E-state index in [0.717, 1.165) is 28.5 Å². The maximum absolute atomic E-state index is 13.4. The van der Waals surface area contributed by atoms with Crippen molar-refractivity contribution in [3.05, 3.63) is 102 Å². The van der Waals surface area contributed by atoms with Gasteiger partial charge in [-0.2, -0.15) is 0 Å². The zero-order chi connectivity index (χ0) is 22.7. The van der Waals surface area contributed by atoms with Crippen LogP contribution in [0.2, 0.25) is 0 Å². The molecular formula is C26H23N3O3. The van der Waals surface area contributed by atoms with Gasteiger partial charge in [0.2, 0.25) is 0 Å². The zero-order valence-electron chi connectivity index (χ0n) is 17.6. The molecule has 0 aliphatic rings. The SMILES string of the molecule is Cc1cc(N)cnc1-c1ccc(N(Cc2ccccc2)C(=O)c2ccc(O)cc2O)cc1. The molecule has 1 aromatic heterocycles. The van der Waals surface area contributed by atoms with Gasteiger partial charge in [-0.05, 0) is 48.4 Å². The van der Waals surface area contributed by atoms with Crippen LogP contribution >= 0.6 is 0 Å².